The normalized spacial score (nSPS) is 20.8. The van der Waals surface area contributed by atoms with Crippen LogP contribution in [0.3, 0.4) is 0 Å². The van der Waals surface area contributed by atoms with Gasteiger partial charge in [-0.15, -0.1) is 0 Å². The molecule has 0 radical (unpaired) electrons. The van der Waals surface area contributed by atoms with Gasteiger partial charge in [-0.1, -0.05) is 13.8 Å². The van der Waals surface area contributed by atoms with Gasteiger partial charge in [-0.2, -0.15) is 0 Å². The summed E-state index contributed by atoms with van der Waals surface area (Å²) in [6.45, 7) is 5.21. The van der Waals surface area contributed by atoms with Gasteiger partial charge in [0.15, 0.2) is 5.78 Å². The fourth-order valence-corrected chi connectivity index (χ4v) is 4.15. The van der Waals surface area contributed by atoms with Gasteiger partial charge in [-0.3, -0.25) is 9.59 Å². The Kier molecular flexibility index (Phi) is 4.50. The van der Waals surface area contributed by atoms with E-state index in [0.29, 0.717) is 43.0 Å². The largest absolute Gasteiger partial charge is 0.379 e. The van der Waals surface area contributed by atoms with Gasteiger partial charge in [0.05, 0.1) is 29.6 Å². The fourth-order valence-electron chi connectivity index (χ4n) is 4.15. The molecule has 28 heavy (non-hydrogen) atoms. The first kappa shape index (κ1) is 18.7. The summed E-state index contributed by atoms with van der Waals surface area (Å²) in [5.41, 5.74) is 7.55. The highest BCUT2D eigenvalue weighted by Gasteiger charge is 2.33. The zero-order valence-corrected chi connectivity index (χ0v) is 16.0. The number of aromatic nitrogens is 1. The second kappa shape index (κ2) is 6.74. The second-order valence-electron chi connectivity index (χ2n) is 8.41. The number of amides is 1. The summed E-state index contributed by atoms with van der Waals surface area (Å²) in [6, 6.07) is 4.79. The molecule has 1 saturated heterocycles. The molecule has 0 spiro atoms. The number of rotatable bonds is 4. The zero-order chi connectivity index (χ0) is 20.1. The highest BCUT2D eigenvalue weighted by atomic mass is 19.1. The van der Waals surface area contributed by atoms with Gasteiger partial charge in [0.1, 0.15) is 5.82 Å². The number of halogens is 1. The molecule has 0 saturated carbocycles. The molecular weight excluding hydrogens is 361 g/mol. The lowest BCUT2D eigenvalue weighted by molar-refractivity contribution is 0.0910. The number of nitrogens with one attached hydrogen (secondary N) is 1. The number of nitrogens with zero attached hydrogens (tertiary/aromatic N) is 1. The van der Waals surface area contributed by atoms with Gasteiger partial charge < -0.3 is 20.4 Å². The van der Waals surface area contributed by atoms with E-state index in [2.05, 4.69) is 19.2 Å². The summed E-state index contributed by atoms with van der Waals surface area (Å²) >= 11 is 0. The third kappa shape index (κ3) is 3.30. The van der Waals surface area contributed by atoms with Crippen molar-refractivity contribution in [2.75, 3.05) is 18.5 Å². The van der Waals surface area contributed by atoms with Gasteiger partial charge >= 0.3 is 0 Å². The number of primary amides is 1. The number of carbonyl (C=O) groups excluding carboxylic acids is 2. The lowest BCUT2D eigenvalue weighted by Crippen LogP contribution is -2.28. The third-order valence-electron chi connectivity index (χ3n) is 5.47. The molecule has 6 nitrogen and oxygen atoms in total. The molecule has 1 aliphatic heterocycles. The number of hydrogen-bond acceptors (Lipinski definition) is 4. The van der Waals surface area contributed by atoms with Crippen LogP contribution in [0.2, 0.25) is 0 Å². The van der Waals surface area contributed by atoms with Crippen molar-refractivity contribution in [3.8, 4) is 5.69 Å². The van der Waals surface area contributed by atoms with Gasteiger partial charge in [0.25, 0.3) is 5.91 Å². The molecule has 1 amide bonds. The van der Waals surface area contributed by atoms with Crippen molar-refractivity contribution in [3.63, 3.8) is 0 Å². The van der Waals surface area contributed by atoms with Crippen molar-refractivity contribution >= 4 is 17.4 Å². The van der Waals surface area contributed by atoms with Crippen LogP contribution in [0.5, 0.6) is 0 Å². The summed E-state index contributed by atoms with van der Waals surface area (Å²) < 4.78 is 22.0. The van der Waals surface area contributed by atoms with Gasteiger partial charge in [-0.05, 0) is 36.5 Å². The standard InChI is InChI=1S/C21H24FN3O3/c1-21(2)9-17-14(18(26)10-21)3-5-25(17)13-7-15(22)19(20(23)27)16(8-13)24-12-4-6-28-11-12/h3,5,7-8,12,24H,4,6,9-11H2,1-2H3,(H2,23,27)/t12-/m0/s1. The quantitative estimate of drug-likeness (QED) is 0.847. The Morgan fingerprint density at radius 2 is 2.14 bits per heavy atom. The SMILES string of the molecule is CC1(C)CC(=O)c2ccn(-c3cc(F)c(C(N)=O)c(N[C@H]4CCOC4)c3)c2C1. The van der Waals surface area contributed by atoms with E-state index in [-0.39, 0.29) is 22.8 Å². The van der Waals surface area contributed by atoms with Gasteiger partial charge in [0.2, 0.25) is 0 Å². The molecule has 7 heteroatoms. The van der Waals surface area contributed by atoms with Crippen molar-refractivity contribution in [2.45, 2.75) is 39.2 Å². The summed E-state index contributed by atoms with van der Waals surface area (Å²) in [6.07, 6.45) is 3.75. The number of nitrogens with two attached hydrogens (primary N) is 1. The average Bonchev–Trinajstić information content (AvgIpc) is 3.22. The van der Waals surface area contributed by atoms with Crippen molar-refractivity contribution in [2.24, 2.45) is 11.1 Å². The maximum atomic E-state index is 14.8. The molecule has 1 fully saturated rings. The maximum Gasteiger partial charge on any atom is 0.253 e. The van der Waals surface area contributed by atoms with Crippen LogP contribution < -0.4 is 11.1 Å². The van der Waals surface area contributed by atoms with Crippen molar-refractivity contribution in [3.05, 3.63) is 47.0 Å². The molecule has 1 aromatic carbocycles. The lowest BCUT2D eigenvalue weighted by Gasteiger charge is -2.30. The lowest BCUT2D eigenvalue weighted by atomic mass is 9.76. The van der Waals surface area contributed by atoms with Crippen LogP contribution in [-0.4, -0.2) is 35.5 Å². The molecule has 2 heterocycles. The molecular formula is C21H24FN3O3. The van der Waals surface area contributed by atoms with Crippen LogP contribution >= 0.6 is 0 Å². The molecule has 148 valence electrons. The predicted molar refractivity (Wildman–Crippen MR) is 104 cm³/mol. The van der Waals surface area contributed by atoms with E-state index in [9.17, 15) is 14.0 Å². The number of Topliss-reactive ketones (excluding diaryl/α,β-unsaturated/α-hetero) is 1. The fraction of sp³-hybridized carbons (Fsp3) is 0.429. The number of ketones is 1. The van der Waals surface area contributed by atoms with Crippen molar-refractivity contribution in [1.29, 1.82) is 0 Å². The van der Waals surface area contributed by atoms with Crippen LogP contribution in [0.1, 0.15) is 53.1 Å². The minimum atomic E-state index is -0.823. The Labute approximate surface area is 162 Å². The van der Waals surface area contributed by atoms with Crippen LogP contribution in [0, 0.1) is 11.2 Å². The van der Waals surface area contributed by atoms with Crippen LogP contribution in [0.15, 0.2) is 24.4 Å². The summed E-state index contributed by atoms with van der Waals surface area (Å²) in [5, 5.41) is 3.19. The number of ether oxygens (including phenoxy) is 1. The number of carbonyl (C=O) groups is 2. The van der Waals surface area contributed by atoms with Gasteiger partial charge in [-0.25, -0.2) is 4.39 Å². The smallest absolute Gasteiger partial charge is 0.253 e. The summed E-state index contributed by atoms with van der Waals surface area (Å²) in [7, 11) is 0. The zero-order valence-electron chi connectivity index (χ0n) is 16.0. The number of hydrogen-bond donors (Lipinski definition) is 2. The number of fused-ring (bicyclic) bond motifs is 1. The van der Waals surface area contributed by atoms with Gasteiger partial charge in [0, 0.05) is 30.5 Å². The highest BCUT2D eigenvalue weighted by Crippen LogP contribution is 2.37. The van der Waals surface area contributed by atoms with E-state index in [4.69, 9.17) is 10.5 Å². The first-order valence-corrected chi connectivity index (χ1v) is 9.46. The highest BCUT2D eigenvalue weighted by molar-refractivity contribution is 6.00. The molecule has 1 aromatic heterocycles. The molecule has 3 N–H and O–H groups in total. The van der Waals surface area contributed by atoms with E-state index in [1.54, 1.807) is 18.3 Å². The first-order valence-electron chi connectivity index (χ1n) is 9.46. The van der Waals surface area contributed by atoms with Crippen LogP contribution in [0.4, 0.5) is 10.1 Å². The molecule has 2 aliphatic rings. The van der Waals surface area contributed by atoms with E-state index < -0.39 is 11.7 Å². The first-order chi connectivity index (χ1) is 13.2. The predicted octanol–water partition coefficient (Wildman–Crippen LogP) is 3.07. The Balaban J connectivity index is 1.80. The molecule has 0 bridgehead atoms. The van der Waals surface area contributed by atoms with E-state index in [1.165, 1.54) is 6.07 Å². The topological polar surface area (TPSA) is 86.4 Å². The maximum absolute atomic E-state index is 14.8. The molecule has 1 aliphatic carbocycles. The van der Waals surface area contributed by atoms with E-state index in [0.717, 1.165) is 12.1 Å². The summed E-state index contributed by atoms with van der Waals surface area (Å²) in [4.78, 5) is 24.3. The van der Waals surface area contributed by atoms with E-state index in [1.807, 2.05) is 4.57 Å². The van der Waals surface area contributed by atoms with Crippen LogP contribution in [-0.2, 0) is 11.2 Å². The number of benzene rings is 1. The minimum absolute atomic E-state index is 0.00756. The minimum Gasteiger partial charge on any atom is -0.379 e. The third-order valence-corrected chi connectivity index (χ3v) is 5.47. The van der Waals surface area contributed by atoms with Crippen LogP contribution in [0.25, 0.3) is 5.69 Å². The Morgan fingerprint density at radius 1 is 1.36 bits per heavy atom. The average molecular weight is 385 g/mol. The molecule has 0 unspecified atom stereocenters. The Hall–Kier alpha value is -2.67. The molecule has 2 aromatic rings. The number of anilines is 1. The molecule has 1 atom stereocenters. The van der Waals surface area contributed by atoms with Crippen molar-refractivity contribution < 1.29 is 18.7 Å². The molecule has 4 rings (SSSR count). The van der Waals surface area contributed by atoms with E-state index >= 15 is 0 Å². The van der Waals surface area contributed by atoms with Crippen molar-refractivity contribution in [1.82, 2.24) is 4.57 Å². The summed E-state index contributed by atoms with van der Waals surface area (Å²) in [5.74, 6) is -1.41. The second-order valence-corrected chi connectivity index (χ2v) is 8.41. The Morgan fingerprint density at radius 3 is 2.82 bits per heavy atom. The monoisotopic (exact) mass is 385 g/mol. The Bertz CT molecular complexity index is 958.